The van der Waals surface area contributed by atoms with Gasteiger partial charge < -0.3 is 4.74 Å². The van der Waals surface area contributed by atoms with Crippen molar-refractivity contribution in [1.29, 1.82) is 0 Å². The van der Waals surface area contributed by atoms with Crippen LogP contribution in [0.4, 0.5) is 0 Å². The van der Waals surface area contributed by atoms with Crippen molar-refractivity contribution >= 4 is 44.5 Å². The number of benzene rings is 3. The fraction of sp³-hybridized carbons (Fsp3) is 0.0952. The average Bonchev–Trinajstić information content (AvgIpc) is 2.70. The molecule has 0 aromatic heterocycles. The predicted octanol–water partition coefficient (Wildman–Crippen LogP) is 4.19. The third kappa shape index (κ3) is 2.82. The first-order chi connectivity index (χ1) is 13.0. The topological polar surface area (TPSA) is 63.7 Å². The number of nitrogens with zero attached hydrogens (tertiary/aromatic N) is 1. The number of methoxy groups -OCH3 is 1. The first kappa shape index (κ1) is 17.4. The molecule has 0 unspecified atom stereocenters. The number of halogens is 1. The smallest absolute Gasteiger partial charge is 0.337 e. The summed E-state index contributed by atoms with van der Waals surface area (Å²) in [6, 6.07) is 15.6. The van der Waals surface area contributed by atoms with Crippen molar-refractivity contribution in [2.24, 2.45) is 0 Å². The van der Waals surface area contributed by atoms with Crippen LogP contribution in [-0.4, -0.2) is 29.8 Å². The minimum absolute atomic E-state index is 0.130. The first-order valence-electron chi connectivity index (χ1n) is 8.26. The molecule has 0 saturated heterocycles. The standard InChI is InChI=1S/C21H14BrNO4/c1-27-21(26)13-7-5-12(6-8-13)11-23-19(24)15-4-2-3-14-17(22)10-9-16(18(14)15)20(23)25/h2-10H,11H2,1H3. The largest absolute Gasteiger partial charge is 0.465 e. The highest BCUT2D eigenvalue weighted by Gasteiger charge is 2.33. The van der Waals surface area contributed by atoms with E-state index in [1.165, 1.54) is 12.0 Å². The van der Waals surface area contributed by atoms with Gasteiger partial charge in [0.25, 0.3) is 11.8 Å². The van der Waals surface area contributed by atoms with Crippen molar-refractivity contribution in [3.05, 3.63) is 81.3 Å². The number of amides is 2. The van der Waals surface area contributed by atoms with Crippen molar-refractivity contribution in [1.82, 2.24) is 4.90 Å². The van der Waals surface area contributed by atoms with Gasteiger partial charge in [-0.3, -0.25) is 14.5 Å². The van der Waals surface area contributed by atoms with Gasteiger partial charge >= 0.3 is 5.97 Å². The van der Waals surface area contributed by atoms with Crippen LogP contribution < -0.4 is 0 Å². The average molecular weight is 424 g/mol. The van der Waals surface area contributed by atoms with Crippen LogP contribution in [0.5, 0.6) is 0 Å². The maximum Gasteiger partial charge on any atom is 0.337 e. The molecule has 1 aliphatic heterocycles. The summed E-state index contributed by atoms with van der Waals surface area (Å²) in [7, 11) is 1.32. The lowest BCUT2D eigenvalue weighted by atomic mass is 9.94. The summed E-state index contributed by atoms with van der Waals surface area (Å²) in [5.41, 5.74) is 2.18. The lowest BCUT2D eigenvalue weighted by Gasteiger charge is -2.27. The van der Waals surface area contributed by atoms with Crippen LogP contribution in [0.2, 0.25) is 0 Å². The molecular formula is C21H14BrNO4. The Morgan fingerprint density at radius 1 is 0.963 bits per heavy atom. The number of ether oxygens (including phenoxy) is 1. The normalized spacial score (nSPS) is 13.2. The highest BCUT2D eigenvalue weighted by atomic mass is 79.9. The molecular weight excluding hydrogens is 410 g/mol. The molecule has 1 aliphatic rings. The van der Waals surface area contributed by atoms with E-state index in [0.29, 0.717) is 22.1 Å². The molecule has 4 rings (SSSR count). The van der Waals surface area contributed by atoms with Gasteiger partial charge in [0.05, 0.1) is 19.2 Å². The van der Waals surface area contributed by atoms with Crippen molar-refractivity contribution in [2.75, 3.05) is 7.11 Å². The summed E-state index contributed by atoms with van der Waals surface area (Å²) in [6.45, 7) is 0.130. The molecule has 0 radical (unpaired) electrons. The molecule has 3 aromatic rings. The molecule has 27 heavy (non-hydrogen) atoms. The van der Waals surface area contributed by atoms with E-state index in [1.807, 2.05) is 18.2 Å². The highest BCUT2D eigenvalue weighted by molar-refractivity contribution is 9.10. The Labute approximate surface area is 163 Å². The molecule has 0 atom stereocenters. The summed E-state index contributed by atoms with van der Waals surface area (Å²) >= 11 is 3.48. The van der Waals surface area contributed by atoms with Crippen LogP contribution in [0.3, 0.4) is 0 Å². The summed E-state index contributed by atoms with van der Waals surface area (Å²) in [5, 5.41) is 1.52. The third-order valence-electron chi connectivity index (χ3n) is 4.65. The third-order valence-corrected chi connectivity index (χ3v) is 5.35. The van der Waals surface area contributed by atoms with Gasteiger partial charge in [0.1, 0.15) is 0 Å². The van der Waals surface area contributed by atoms with Crippen LogP contribution in [-0.2, 0) is 11.3 Å². The van der Waals surface area contributed by atoms with Crippen molar-refractivity contribution < 1.29 is 19.1 Å². The van der Waals surface area contributed by atoms with Gasteiger partial charge in [-0.25, -0.2) is 4.79 Å². The number of carbonyl (C=O) groups excluding carboxylic acids is 3. The molecule has 3 aromatic carbocycles. The van der Waals surface area contributed by atoms with Crippen LogP contribution in [0.15, 0.2) is 59.1 Å². The maximum absolute atomic E-state index is 13.0. The minimum atomic E-state index is -0.433. The molecule has 1 heterocycles. The van der Waals surface area contributed by atoms with Crippen molar-refractivity contribution in [3.8, 4) is 0 Å². The van der Waals surface area contributed by atoms with E-state index in [1.54, 1.807) is 36.4 Å². The number of rotatable bonds is 3. The second kappa shape index (κ2) is 6.63. The SMILES string of the molecule is COC(=O)c1ccc(CN2C(=O)c3cccc4c(Br)ccc(c34)C2=O)cc1. The zero-order chi connectivity index (χ0) is 19.1. The van der Waals surface area contributed by atoms with Gasteiger partial charge in [-0.1, -0.05) is 40.2 Å². The van der Waals surface area contributed by atoms with E-state index in [2.05, 4.69) is 20.7 Å². The van der Waals surface area contributed by atoms with E-state index >= 15 is 0 Å². The Balaban J connectivity index is 1.72. The Kier molecular flexibility index (Phi) is 4.28. The van der Waals surface area contributed by atoms with Gasteiger partial charge in [-0.15, -0.1) is 0 Å². The molecule has 0 N–H and O–H groups in total. The Morgan fingerprint density at radius 2 is 1.63 bits per heavy atom. The Bertz CT molecular complexity index is 1080. The molecule has 6 heteroatoms. The summed E-state index contributed by atoms with van der Waals surface area (Å²) in [4.78, 5) is 38.7. The van der Waals surface area contributed by atoms with Gasteiger partial charge in [0.15, 0.2) is 0 Å². The minimum Gasteiger partial charge on any atom is -0.465 e. The molecule has 5 nitrogen and oxygen atoms in total. The quantitative estimate of drug-likeness (QED) is 0.468. The summed E-state index contributed by atoms with van der Waals surface area (Å²) in [5.74, 6) is -1.08. The number of esters is 1. The van der Waals surface area contributed by atoms with Gasteiger partial charge in [0, 0.05) is 21.0 Å². The van der Waals surface area contributed by atoms with Crippen molar-refractivity contribution in [3.63, 3.8) is 0 Å². The van der Waals surface area contributed by atoms with Crippen LogP contribution in [0.25, 0.3) is 10.8 Å². The molecule has 2 amide bonds. The van der Waals surface area contributed by atoms with E-state index in [0.717, 1.165) is 15.4 Å². The predicted molar refractivity (Wildman–Crippen MR) is 104 cm³/mol. The van der Waals surface area contributed by atoms with E-state index < -0.39 is 5.97 Å². The molecule has 0 fully saturated rings. The monoisotopic (exact) mass is 423 g/mol. The van der Waals surface area contributed by atoms with E-state index in [4.69, 9.17) is 0 Å². The lowest BCUT2D eigenvalue weighted by molar-refractivity contribution is 0.0585. The Hall–Kier alpha value is -2.99. The fourth-order valence-corrected chi connectivity index (χ4v) is 3.76. The summed E-state index contributed by atoms with van der Waals surface area (Å²) < 4.78 is 5.52. The number of hydrogen-bond acceptors (Lipinski definition) is 4. The van der Waals surface area contributed by atoms with Crippen LogP contribution in [0.1, 0.15) is 36.6 Å². The van der Waals surface area contributed by atoms with Crippen molar-refractivity contribution in [2.45, 2.75) is 6.54 Å². The lowest BCUT2D eigenvalue weighted by Crippen LogP contribution is -2.39. The number of imide groups is 1. The van der Waals surface area contributed by atoms with E-state index in [-0.39, 0.29) is 18.4 Å². The maximum atomic E-state index is 13.0. The van der Waals surface area contributed by atoms with Gasteiger partial charge in [-0.05, 0) is 41.3 Å². The van der Waals surface area contributed by atoms with Gasteiger partial charge in [-0.2, -0.15) is 0 Å². The Morgan fingerprint density at radius 3 is 2.30 bits per heavy atom. The van der Waals surface area contributed by atoms with Crippen LogP contribution in [0, 0.1) is 0 Å². The van der Waals surface area contributed by atoms with Gasteiger partial charge in [0.2, 0.25) is 0 Å². The molecule has 0 bridgehead atoms. The molecule has 0 saturated carbocycles. The highest BCUT2D eigenvalue weighted by Crippen LogP contribution is 2.34. The second-order valence-electron chi connectivity index (χ2n) is 6.21. The molecule has 0 aliphatic carbocycles. The molecule has 134 valence electrons. The molecule has 0 spiro atoms. The zero-order valence-electron chi connectivity index (χ0n) is 14.4. The zero-order valence-corrected chi connectivity index (χ0v) is 15.9. The van der Waals surface area contributed by atoms with E-state index in [9.17, 15) is 14.4 Å². The number of hydrogen-bond donors (Lipinski definition) is 0. The second-order valence-corrected chi connectivity index (χ2v) is 7.06. The summed E-state index contributed by atoms with van der Waals surface area (Å²) in [6.07, 6.45) is 0. The van der Waals surface area contributed by atoms with Crippen LogP contribution >= 0.6 is 15.9 Å². The number of carbonyl (C=O) groups is 3. The fourth-order valence-electron chi connectivity index (χ4n) is 3.30. The first-order valence-corrected chi connectivity index (χ1v) is 9.05.